The molecule has 2 aromatic carbocycles. The summed E-state index contributed by atoms with van der Waals surface area (Å²) >= 11 is 6.12. The van der Waals surface area contributed by atoms with Crippen molar-refractivity contribution < 1.29 is 0 Å². The summed E-state index contributed by atoms with van der Waals surface area (Å²) in [6, 6.07) is 15.4. The van der Waals surface area contributed by atoms with Gasteiger partial charge in [0.25, 0.3) is 0 Å². The van der Waals surface area contributed by atoms with E-state index in [1.807, 2.05) is 19.2 Å². The van der Waals surface area contributed by atoms with Crippen molar-refractivity contribution in [1.82, 2.24) is 5.32 Å². The average Bonchev–Trinajstić information content (AvgIpc) is 2.47. The lowest BCUT2D eigenvalue weighted by atomic mass is 9.97. The normalized spacial score (nSPS) is 12.4. The van der Waals surface area contributed by atoms with Crippen molar-refractivity contribution in [3.63, 3.8) is 0 Å². The van der Waals surface area contributed by atoms with E-state index in [0.29, 0.717) is 6.04 Å². The second kappa shape index (κ2) is 6.92. The summed E-state index contributed by atoms with van der Waals surface area (Å²) in [4.78, 5) is 0. The zero-order valence-corrected chi connectivity index (χ0v) is 13.2. The van der Waals surface area contributed by atoms with Gasteiger partial charge < -0.3 is 5.32 Å². The summed E-state index contributed by atoms with van der Waals surface area (Å²) in [6.45, 7) is 4.34. The first-order valence-corrected chi connectivity index (χ1v) is 7.50. The topological polar surface area (TPSA) is 12.0 Å². The molecule has 2 aromatic rings. The molecule has 20 heavy (non-hydrogen) atoms. The number of nitrogens with one attached hydrogen (secondary N) is 1. The molecular formula is C18H22ClN. The predicted molar refractivity (Wildman–Crippen MR) is 88.5 cm³/mol. The Morgan fingerprint density at radius 3 is 2.70 bits per heavy atom. The molecule has 0 heterocycles. The molecule has 2 rings (SSSR count). The summed E-state index contributed by atoms with van der Waals surface area (Å²) in [5, 5.41) is 4.07. The minimum absolute atomic E-state index is 0.548. The highest BCUT2D eigenvalue weighted by Crippen LogP contribution is 2.27. The molecule has 0 aliphatic heterocycles. The van der Waals surface area contributed by atoms with Crippen LogP contribution in [0.1, 0.15) is 24.5 Å². The van der Waals surface area contributed by atoms with Crippen molar-refractivity contribution in [2.24, 2.45) is 0 Å². The molecule has 1 atom stereocenters. The van der Waals surface area contributed by atoms with Gasteiger partial charge in [0.1, 0.15) is 0 Å². The molecule has 1 nitrogen and oxygen atoms in total. The molecule has 1 N–H and O–H groups in total. The molecule has 0 aliphatic carbocycles. The second-order valence-electron chi connectivity index (χ2n) is 5.39. The minimum Gasteiger partial charge on any atom is -0.317 e. The van der Waals surface area contributed by atoms with E-state index in [4.69, 9.17) is 11.6 Å². The van der Waals surface area contributed by atoms with E-state index >= 15 is 0 Å². The van der Waals surface area contributed by atoms with E-state index in [9.17, 15) is 0 Å². The smallest absolute Gasteiger partial charge is 0.0412 e. The van der Waals surface area contributed by atoms with E-state index in [1.54, 1.807) is 0 Å². The number of aryl methyl sites for hydroxylation is 2. The number of benzene rings is 2. The Balaban J connectivity index is 2.23. The number of halogens is 1. The first kappa shape index (κ1) is 15.1. The zero-order valence-electron chi connectivity index (χ0n) is 12.4. The fourth-order valence-electron chi connectivity index (χ4n) is 2.33. The SMILES string of the molecule is CNC(C)CCc1cccc(-c2cc(Cl)ccc2C)c1. The number of hydrogen-bond donors (Lipinski definition) is 1. The monoisotopic (exact) mass is 287 g/mol. The van der Waals surface area contributed by atoms with Crippen molar-refractivity contribution >= 4 is 11.6 Å². The lowest BCUT2D eigenvalue weighted by Gasteiger charge is -2.11. The van der Waals surface area contributed by atoms with Crippen molar-refractivity contribution in [3.05, 3.63) is 58.6 Å². The van der Waals surface area contributed by atoms with Gasteiger partial charge >= 0.3 is 0 Å². The third-order valence-electron chi connectivity index (χ3n) is 3.80. The highest BCUT2D eigenvalue weighted by Gasteiger charge is 2.05. The predicted octanol–water partition coefficient (Wildman–Crippen LogP) is 4.86. The third-order valence-corrected chi connectivity index (χ3v) is 4.03. The van der Waals surface area contributed by atoms with Gasteiger partial charge in [-0.1, -0.05) is 41.9 Å². The zero-order chi connectivity index (χ0) is 14.5. The average molecular weight is 288 g/mol. The van der Waals surface area contributed by atoms with Gasteiger partial charge in [0, 0.05) is 11.1 Å². The number of rotatable bonds is 5. The van der Waals surface area contributed by atoms with Gasteiger partial charge in [0.05, 0.1) is 0 Å². The molecule has 0 aliphatic rings. The van der Waals surface area contributed by atoms with Crippen molar-refractivity contribution in [2.75, 3.05) is 7.05 Å². The molecule has 0 amide bonds. The van der Waals surface area contributed by atoms with E-state index in [2.05, 4.69) is 49.5 Å². The van der Waals surface area contributed by atoms with Crippen LogP contribution in [0.4, 0.5) is 0 Å². The van der Waals surface area contributed by atoms with E-state index in [-0.39, 0.29) is 0 Å². The standard InChI is InChI=1S/C18H22ClN/c1-13-7-10-17(19)12-18(13)16-6-4-5-15(11-16)9-8-14(2)20-3/h4-7,10-12,14,20H,8-9H2,1-3H3. The maximum atomic E-state index is 6.12. The van der Waals surface area contributed by atoms with Crippen LogP contribution in [0, 0.1) is 6.92 Å². The Labute approximate surface area is 127 Å². The van der Waals surface area contributed by atoms with Gasteiger partial charge in [-0.25, -0.2) is 0 Å². The lowest BCUT2D eigenvalue weighted by Crippen LogP contribution is -2.21. The van der Waals surface area contributed by atoms with Gasteiger partial charge in [-0.15, -0.1) is 0 Å². The molecule has 0 bridgehead atoms. The van der Waals surface area contributed by atoms with Crippen molar-refractivity contribution in [2.45, 2.75) is 32.7 Å². The Morgan fingerprint density at radius 1 is 1.15 bits per heavy atom. The molecule has 0 fully saturated rings. The van der Waals surface area contributed by atoms with Crippen molar-refractivity contribution in [3.8, 4) is 11.1 Å². The van der Waals surface area contributed by atoms with Gasteiger partial charge in [-0.3, -0.25) is 0 Å². The van der Waals surface area contributed by atoms with Crippen molar-refractivity contribution in [1.29, 1.82) is 0 Å². The molecule has 0 aromatic heterocycles. The summed E-state index contributed by atoms with van der Waals surface area (Å²) in [6.07, 6.45) is 2.24. The van der Waals surface area contributed by atoms with Crippen LogP contribution in [-0.2, 0) is 6.42 Å². The molecule has 2 heteroatoms. The fraction of sp³-hybridized carbons (Fsp3) is 0.333. The molecule has 0 saturated heterocycles. The van der Waals surface area contributed by atoms with Crippen LogP contribution in [0.5, 0.6) is 0 Å². The maximum absolute atomic E-state index is 6.12. The second-order valence-corrected chi connectivity index (χ2v) is 5.82. The summed E-state index contributed by atoms with van der Waals surface area (Å²) < 4.78 is 0. The molecule has 106 valence electrons. The Hall–Kier alpha value is -1.31. The van der Waals surface area contributed by atoms with Gasteiger partial charge in [0.2, 0.25) is 0 Å². The Morgan fingerprint density at radius 2 is 1.95 bits per heavy atom. The van der Waals surface area contributed by atoms with E-state index < -0.39 is 0 Å². The summed E-state index contributed by atoms with van der Waals surface area (Å²) in [7, 11) is 2.01. The van der Waals surface area contributed by atoms with E-state index in [0.717, 1.165) is 17.9 Å². The van der Waals surface area contributed by atoms with Gasteiger partial charge in [0.15, 0.2) is 0 Å². The molecule has 0 radical (unpaired) electrons. The van der Waals surface area contributed by atoms with E-state index in [1.165, 1.54) is 22.3 Å². The fourth-order valence-corrected chi connectivity index (χ4v) is 2.50. The molecular weight excluding hydrogens is 266 g/mol. The Kier molecular flexibility index (Phi) is 5.22. The third kappa shape index (κ3) is 3.84. The highest BCUT2D eigenvalue weighted by molar-refractivity contribution is 6.30. The molecule has 0 spiro atoms. The quantitative estimate of drug-likeness (QED) is 0.828. The maximum Gasteiger partial charge on any atom is 0.0412 e. The summed E-state index contributed by atoms with van der Waals surface area (Å²) in [5.74, 6) is 0. The largest absolute Gasteiger partial charge is 0.317 e. The van der Waals surface area contributed by atoms with Crippen LogP contribution < -0.4 is 5.32 Å². The first-order valence-electron chi connectivity index (χ1n) is 7.13. The summed E-state index contributed by atoms with van der Waals surface area (Å²) in [5.41, 5.74) is 5.11. The highest BCUT2D eigenvalue weighted by atomic mass is 35.5. The van der Waals surface area contributed by atoms with Crippen LogP contribution in [0.15, 0.2) is 42.5 Å². The minimum atomic E-state index is 0.548. The lowest BCUT2D eigenvalue weighted by molar-refractivity contribution is 0.565. The first-order chi connectivity index (χ1) is 9.60. The van der Waals surface area contributed by atoms with Crippen LogP contribution in [0.25, 0.3) is 11.1 Å². The van der Waals surface area contributed by atoms with Gasteiger partial charge in [-0.2, -0.15) is 0 Å². The van der Waals surface area contributed by atoms with Gasteiger partial charge in [-0.05, 0) is 68.1 Å². The van der Waals surface area contributed by atoms with Crippen LogP contribution >= 0.6 is 11.6 Å². The molecule has 1 unspecified atom stereocenters. The van der Waals surface area contributed by atoms with Crippen LogP contribution in [0.2, 0.25) is 5.02 Å². The van der Waals surface area contributed by atoms with Crippen LogP contribution in [-0.4, -0.2) is 13.1 Å². The number of hydrogen-bond acceptors (Lipinski definition) is 1. The Bertz CT molecular complexity index is 577. The molecule has 0 saturated carbocycles. The van der Waals surface area contributed by atoms with Crippen LogP contribution in [0.3, 0.4) is 0 Å².